The number of rotatable bonds is 11. The van der Waals surface area contributed by atoms with Crippen molar-refractivity contribution < 1.29 is 18.0 Å². The lowest BCUT2D eigenvalue weighted by Crippen LogP contribution is -2.53. The SMILES string of the molecule is CC[C@@H](C(=O)NC1CCCC1)N(Cc1ccc(Cl)cc1)C(=O)CN(c1ccc(Cl)cc1Cl)S(=O)(=O)c1ccccc1. The van der Waals surface area contributed by atoms with Crippen LogP contribution in [0.1, 0.15) is 44.6 Å². The summed E-state index contributed by atoms with van der Waals surface area (Å²) >= 11 is 18.6. The van der Waals surface area contributed by atoms with Gasteiger partial charge in [-0.1, -0.05) is 84.9 Å². The van der Waals surface area contributed by atoms with Crippen LogP contribution >= 0.6 is 34.8 Å². The van der Waals surface area contributed by atoms with Crippen molar-refractivity contribution in [2.75, 3.05) is 10.8 Å². The maximum Gasteiger partial charge on any atom is 0.264 e. The van der Waals surface area contributed by atoms with Gasteiger partial charge < -0.3 is 10.2 Å². The largest absolute Gasteiger partial charge is 0.352 e. The molecule has 3 aromatic carbocycles. The topological polar surface area (TPSA) is 86.8 Å². The number of nitrogens with zero attached hydrogens (tertiary/aromatic N) is 2. The summed E-state index contributed by atoms with van der Waals surface area (Å²) in [6.45, 7) is 1.33. The molecular weight excluding hydrogens is 605 g/mol. The molecule has 11 heteroatoms. The molecule has 0 aromatic heterocycles. The summed E-state index contributed by atoms with van der Waals surface area (Å²) in [5.74, 6) is -0.817. The zero-order chi connectivity index (χ0) is 29.6. The number of carbonyl (C=O) groups excluding carboxylic acids is 2. The Hall–Kier alpha value is -2.78. The molecule has 0 radical (unpaired) electrons. The molecule has 0 aliphatic heterocycles. The first-order valence-corrected chi connectivity index (χ1v) is 16.0. The third-order valence-corrected chi connectivity index (χ3v) is 9.71. The minimum atomic E-state index is -4.23. The van der Waals surface area contributed by atoms with Crippen molar-refractivity contribution in [1.29, 1.82) is 0 Å². The van der Waals surface area contributed by atoms with Crippen molar-refractivity contribution in [2.45, 2.75) is 62.6 Å². The maximum absolute atomic E-state index is 14.1. The predicted octanol–water partition coefficient (Wildman–Crippen LogP) is 6.71. The number of hydrogen-bond donors (Lipinski definition) is 1. The van der Waals surface area contributed by atoms with E-state index in [1.165, 1.54) is 35.2 Å². The Morgan fingerprint density at radius 3 is 2.17 bits per heavy atom. The number of anilines is 1. The van der Waals surface area contributed by atoms with Crippen LogP contribution in [-0.4, -0.2) is 43.8 Å². The molecule has 1 aliphatic carbocycles. The summed E-state index contributed by atoms with van der Waals surface area (Å²) < 4.78 is 28.8. The smallest absolute Gasteiger partial charge is 0.264 e. The molecular formula is C30H32Cl3N3O4S. The van der Waals surface area contributed by atoms with Crippen LogP contribution in [-0.2, 0) is 26.2 Å². The van der Waals surface area contributed by atoms with Crippen LogP contribution in [0.5, 0.6) is 0 Å². The average Bonchev–Trinajstić information content (AvgIpc) is 3.46. The lowest BCUT2D eigenvalue weighted by Gasteiger charge is -2.34. The number of carbonyl (C=O) groups is 2. The zero-order valence-electron chi connectivity index (χ0n) is 22.6. The first-order chi connectivity index (χ1) is 19.6. The molecule has 7 nitrogen and oxygen atoms in total. The first-order valence-electron chi connectivity index (χ1n) is 13.5. The number of benzene rings is 3. The second kappa shape index (κ2) is 13.9. The standard InChI is InChI=1S/C30H32Cl3N3O4S/c1-2-27(30(38)34-24-8-6-7-9-24)35(19-21-12-14-22(31)15-13-21)29(37)20-36(28-17-16-23(32)18-26(28)33)41(39,40)25-10-4-3-5-11-25/h3-5,10-18,24,27H,2,6-9,19-20H2,1H3,(H,34,38)/t27-/m0/s1. The average molecular weight is 637 g/mol. The van der Waals surface area contributed by atoms with Crippen molar-refractivity contribution in [3.8, 4) is 0 Å². The summed E-state index contributed by atoms with van der Waals surface area (Å²) in [6, 6.07) is 18.4. The molecule has 1 saturated carbocycles. The second-order valence-electron chi connectivity index (χ2n) is 9.98. The highest BCUT2D eigenvalue weighted by molar-refractivity contribution is 7.92. The molecule has 0 heterocycles. The lowest BCUT2D eigenvalue weighted by molar-refractivity contribution is -0.140. The van der Waals surface area contributed by atoms with Gasteiger partial charge in [0.15, 0.2) is 0 Å². The molecule has 3 aromatic rings. The molecule has 1 aliphatic rings. The van der Waals surface area contributed by atoms with Crippen LogP contribution in [0.2, 0.25) is 15.1 Å². The van der Waals surface area contributed by atoms with Gasteiger partial charge in [0.05, 0.1) is 15.6 Å². The van der Waals surface area contributed by atoms with Gasteiger partial charge in [0, 0.05) is 22.6 Å². The minimum absolute atomic E-state index is 0.00548. The number of halogens is 3. The summed E-state index contributed by atoms with van der Waals surface area (Å²) in [4.78, 5) is 29.1. The Labute approximate surface area is 256 Å². The Morgan fingerprint density at radius 1 is 0.927 bits per heavy atom. The normalized spacial score (nSPS) is 14.4. The quantitative estimate of drug-likeness (QED) is 0.254. The van der Waals surface area contributed by atoms with Crippen LogP contribution in [0.4, 0.5) is 5.69 Å². The van der Waals surface area contributed by atoms with Crippen LogP contribution in [0.25, 0.3) is 0 Å². The van der Waals surface area contributed by atoms with Gasteiger partial charge in [-0.2, -0.15) is 0 Å². The highest BCUT2D eigenvalue weighted by Gasteiger charge is 2.35. The number of hydrogen-bond acceptors (Lipinski definition) is 4. The van der Waals surface area contributed by atoms with E-state index in [-0.39, 0.29) is 34.1 Å². The van der Waals surface area contributed by atoms with Crippen LogP contribution < -0.4 is 9.62 Å². The van der Waals surface area contributed by atoms with E-state index in [0.29, 0.717) is 16.5 Å². The minimum Gasteiger partial charge on any atom is -0.352 e. The summed E-state index contributed by atoms with van der Waals surface area (Å²) in [6.07, 6.45) is 4.22. The fourth-order valence-corrected chi connectivity index (χ4v) is 7.13. The Morgan fingerprint density at radius 2 is 1.56 bits per heavy atom. The molecule has 41 heavy (non-hydrogen) atoms. The molecule has 1 N–H and O–H groups in total. The molecule has 4 rings (SSSR count). The van der Waals surface area contributed by atoms with Crippen molar-refractivity contribution in [3.63, 3.8) is 0 Å². The molecule has 0 spiro atoms. The van der Waals surface area contributed by atoms with Gasteiger partial charge >= 0.3 is 0 Å². The number of sulfonamides is 1. The first kappa shape index (κ1) is 31.2. The molecule has 0 bridgehead atoms. The van der Waals surface area contributed by atoms with E-state index >= 15 is 0 Å². The third-order valence-electron chi connectivity index (χ3n) is 7.14. The summed E-state index contributed by atoms with van der Waals surface area (Å²) in [5, 5.41) is 4.02. The highest BCUT2D eigenvalue weighted by Crippen LogP contribution is 2.33. The fourth-order valence-electron chi connectivity index (χ4n) is 4.99. The van der Waals surface area contributed by atoms with Crippen LogP contribution in [0.3, 0.4) is 0 Å². The number of nitrogens with one attached hydrogen (secondary N) is 1. The van der Waals surface area contributed by atoms with Gasteiger partial charge in [-0.25, -0.2) is 8.42 Å². The van der Waals surface area contributed by atoms with Crippen molar-refractivity contribution in [2.24, 2.45) is 0 Å². The highest BCUT2D eigenvalue weighted by atomic mass is 35.5. The fraction of sp³-hybridized carbons (Fsp3) is 0.333. The lowest BCUT2D eigenvalue weighted by atomic mass is 10.1. The van der Waals surface area contributed by atoms with Crippen molar-refractivity contribution in [1.82, 2.24) is 10.2 Å². The Kier molecular flexibility index (Phi) is 10.6. The summed E-state index contributed by atoms with van der Waals surface area (Å²) in [7, 11) is -4.23. The van der Waals surface area contributed by atoms with E-state index < -0.39 is 28.5 Å². The van der Waals surface area contributed by atoms with Crippen molar-refractivity contribution in [3.05, 3.63) is 93.4 Å². The van der Waals surface area contributed by atoms with Gasteiger partial charge in [0.1, 0.15) is 12.6 Å². The van der Waals surface area contributed by atoms with E-state index in [0.717, 1.165) is 35.6 Å². The van der Waals surface area contributed by atoms with Gasteiger partial charge in [-0.05, 0) is 67.3 Å². The molecule has 2 amide bonds. The predicted molar refractivity (Wildman–Crippen MR) is 164 cm³/mol. The van der Waals surface area contributed by atoms with E-state index in [1.807, 2.05) is 6.92 Å². The Balaban J connectivity index is 1.72. The number of amides is 2. The summed E-state index contributed by atoms with van der Waals surface area (Å²) in [5.41, 5.74) is 0.847. The Bertz CT molecular complexity index is 1460. The molecule has 1 atom stereocenters. The van der Waals surface area contributed by atoms with Crippen molar-refractivity contribution >= 4 is 62.3 Å². The van der Waals surface area contributed by atoms with Gasteiger partial charge in [-0.15, -0.1) is 0 Å². The third kappa shape index (κ3) is 7.74. The van der Waals surface area contributed by atoms with Gasteiger partial charge in [-0.3, -0.25) is 13.9 Å². The van der Waals surface area contributed by atoms with E-state index in [9.17, 15) is 18.0 Å². The van der Waals surface area contributed by atoms with E-state index in [1.54, 1.807) is 42.5 Å². The molecule has 0 unspecified atom stereocenters. The van der Waals surface area contributed by atoms with E-state index in [2.05, 4.69) is 5.32 Å². The van der Waals surface area contributed by atoms with Gasteiger partial charge in [0.2, 0.25) is 11.8 Å². The molecule has 0 saturated heterocycles. The monoisotopic (exact) mass is 635 g/mol. The van der Waals surface area contributed by atoms with E-state index in [4.69, 9.17) is 34.8 Å². The molecule has 1 fully saturated rings. The zero-order valence-corrected chi connectivity index (χ0v) is 25.7. The molecule has 218 valence electrons. The second-order valence-corrected chi connectivity index (χ2v) is 13.1. The van der Waals surface area contributed by atoms with Gasteiger partial charge in [0.25, 0.3) is 10.0 Å². The maximum atomic E-state index is 14.1. The van der Waals surface area contributed by atoms with Crippen LogP contribution in [0, 0.1) is 0 Å². The van der Waals surface area contributed by atoms with Crippen LogP contribution in [0.15, 0.2) is 77.7 Å².